The molecule has 2 bridgehead atoms. The van der Waals surface area contributed by atoms with Crippen molar-refractivity contribution in [2.45, 2.75) is 50.9 Å². The highest BCUT2D eigenvalue weighted by molar-refractivity contribution is 5.95. The fourth-order valence-corrected chi connectivity index (χ4v) is 5.82. The average Bonchev–Trinajstić information content (AvgIpc) is 3.10. The maximum Gasteiger partial charge on any atom is 0.277 e. The van der Waals surface area contributed by atoms with Gasteiger partial charge in [0.15, 0.2) is 0 Å². The number of nitrogens with zero attached hydrogens (tertiary/aromatic N) is 3. The first kappa shape index (κ1) is 14.0. The van der Waals surface area contributed by atoms with Gasteiger partial charge in [-0.2, -0.15) is 4.98 Å². The average molecular weight is 331 g/mol. The molecule has 4 nitrogen and oxygen atoms in total. The molecule has 3 aliphatic rings. The van der Waals surface area contributed by atoms with Crippen LogP contribution in [0.5, 0.6) is 0 Å². The van der Waals surface area contributed by atoms with Gasteiger partial charge in [-0.05, 0) is 49.7 Å². The van der Waals surface area contributed by atoms with E-state index in [1.807, 2.05) is 12.3 Å². The summed E-state index contributed by atoms with van der Waals surface area (Å²) in [6.45, 7) is 4.42. The van der Waals surface area contributed by atoms with Gasteiger partial charge in [0.2, 0.25) is 0 Å². The van der Waals surface area contributed by atoms with Crippen LogP contribution in [0, 0.1) is 11.8 Å². The molecule has 3 unspecified atom stereocenters. The van der Waals surface area contributed by atoms with Gasteiger partial charge in [0.25, 0.3) is 5.56 Å². The van der Waals surface area contributed by atoms with Crippen LogP contribution in [0.2, 0.25) is 0 Å². The van der Waals surface area contributed by atoms with E-state index in [1.165, 1.54) is 25.0 Å². The highest BCUT2D eigenvalue weighted by atomic mass is 16.1. The van der Waals surface area contributed by atoms with Crippen molar-refractivity contribution in [3.8, 4) is 0 Å². The van der Waals surface area contributed by atoms with E-state index >= 15 is 0 Å². The minimum absolute atomic E-state index is 0.0226. The third kappa shape index (κ3) is 1.56. The molecule has 0 aromatic carbocycles. The lowest BCUT2D eigenvalue weighted by molar-refractivity contribution is 0.557. The maximum atomic E-state index is 12.9. The number of pyridine rings is 2. The lowest BCUT2D eigenvalue weighted by Gasteiger charge is -2.23. The van der Waals surface area contributed by atoms with Crippen molar-refractivity contribution in [1.29, 1.82) is 0 Å². The maximum absolute atomic E-state index is 12.9. The smallest absolute Gasteiger partial charge is 0.277 e. The predicted molar refractivity (Wildman–Crippen MR) is 97.1 cm³/mol. The Labute approximate surface area is 145 Å². The van der Waals surface area contributed by atoms with Crippen LogP contribution in [0.25, 0.3) is 16.4 Å². The first-order valence-corrected chi connectivity index (χ1v) is 9.43. The molecule has 126 valence electrons. The van der Waals surface area contributed by atoms with Gasteiger partial charge in [0.1, 0.15) is 5.65 Å². The van der Waals surface area contributed by atoms with Crippen LogP contribution in [0.1, 0.15) is 56.0 Å². The van der Waals surface area contributed by atoms with Crippen molar-refractivity contribution in [1.82, 2.24) is 14.4 Å². The van der Waals surface area contributed by atoms with Gasteiger partial charge in [-0.3, -0.25) is 9.78 Å². The predicted octanol–water partition coefficient (Wildman–Crippen LogP) is 3.59. The summed E-state index contributed by atoms with van der Waals surface area (Å²) in [6, 6.07) is 4.19. The van der Waals surface area contributed by atoms with E-state index in [0.717, 1.165) is 34.1 Å². The van der Waals surface area contributed by atoms with Crippen molar-refractivity contribution in [3.63, 3.8) is 0 Å². The number of hydrogen-bond donors (Lipinski definition) is 0. The van der Waals surface area contributed by atoms with Gasteiger partial charge in [-0.25, -0.2) is 0 Å². The molecule has 6 rings (SSSR count). The number of fused-ring (bicyclic) bond motifs is 6. The highest BCUT2D eigenvalue weighted by Crippen LogP contribution is 2.74. The van der Waals surface area contributed by atoms with Gasteiger partial charge in [-0.1, -0.05) is 13.8 Å². The van der Waals surface area contributed by atoms with Crippen LogP contribution in [0.15, 0.2) is 29.3 Å². The topological polar surface area (TPSA) is 47.3 Å². The second-order valence-corrected chi connectivity index (χ2v) is 8.62. The van der Waals surface area contributed by atoms with E-state index in [2.05, 4.69) is 40.5 Å². The molecule has 0 radical (unpaired) electrons. The third-order valence-electron chi connectivity index (χ3n) is 6.84. The van der Waals surface area contributed by atoms with Crippen LogP contribution in [-0.4, -0.2) is 14.4 Å². The summed E-state index contributed by atoms with van der Waals surface area (Å²) in [5.41, 5.74) is 4.45. The standard InChI is InChI=1S/C21H21N3O/c1-11(2)9-16-12-5-8-24-18-14-3-6-21(10-15(14)21)17(18)20(25)23-19(24)13(12)4-7-22-16/h4-5,7-8,11,14-15H,3,6,9-10H2,1-2H3. The Kier molecular flexibility index (Phi) is 2.40. The van der Waals surface area contributed by atoms with Crippen LogP contribution in [0.4, 0.5) is 0 Å². The molecule has 2 saturated carbocycles. The lowest BCUT2D eigenvalue weighted by Crippen LogP contribution is -2.26. The molecule has 0 amide bonds. The Balaban J connectivity index is 1.70. The number of aromatic nitrogens is 3. The van der Waals surface area contributed by atoms with E-state index in [-0.39, 0.29) is 11.0 Å². The van der Waals surface area contributed by atoms with Crippen molar-refractivity contribution in [3.05, 3.63) is 51.8 Å². The molecular formula is C21H21N3O. The van der Waals surface area contributed by atoms with Crippen molar-refractivity contribution in [2.24, 2.45) is 11.8 Å². The number of rotatable bonds is 2. The molecule has 3 aromatic rings. The van der Waals surface area contributed by atoms with Crippen LogP contribution in [0.3, 0.4) is 0 Å². The van der Waals surface area contributed by atoms with Crippen LogP contribution >= 0.6 is 0 Å². The summed E-state index contributed by atoms with van der Waals surface area (Å²) >= 11 is 0. The Morgan fingerprint density at radius 3 is 3.00 bits per heavy atom. The Morgan fingerprint density at radius 1 is 1.32 bits per heavy atom. The largest absolute Gasteiger partial charge is 0.304 e. The summed E-state index contributed by atoms with van der Waals surface area (Å²) in [5, 5.41) is 2.19. The van der Waals surface area contributed by atoms with E-state index in [1.54, 1.807) is 0 Å². The summed E-state index contributed by atoms with van der Waals surface area (Å²) in [6.07, 6.45) is 8.57. The van der Waals surface area contributed by atoms with Crippen LogP contribution < -0.4 is 5.56 Å². The first-order valence-electron chi connectivity index (χ1n) is 9.43. The van der Waals surface area contributed by atoms with Crippen LogP contribution in [-0.2, 0) is 11.8 Å². The fourth-order valence-electron chi connectivity index (χ4n) is 5.82. The Bertz CT molecular complexity index is 1130. The third-order valence-corrected chi connectivity index (χ3v) is 6.84. The van der Waals surface area contributed by atoms with E-state index in [0.29, 0.717) is 17.8 Å². The molecule has 0 N–H and O–H groups in total. The second kappa shape index (κ2) is 4.29. The molecule has 2 fully saturated rings. The van der Waals surface area contributed by atoms with Crippen molar-refractivity contribution >= 4 is 16.4 Å². The van der Waals surface area contributed by atoms with Gasteiger partial charge in [0.05, 0.1) is 0 Å². The van der Waals surface area contributed by atoms with Gasteiger partial charge < -0.3 is 4.40 Å². The molecule has 0 spiro atoms. The zero-order chi connectivity index (χ0) is 16.9. The summed E-state index contributed by atoms with van der Waals surface area (Å²) < 4.78 is 2.22. The quantitative estimate of drug-likeness (QED) is 0.674. The van der Waals surface area contributed by atoms with E-state index < -0.39 is 0 Å². The minimum atomic E-state index is 0.0226. The molecular weight excluding hydrogens is 310 g/mol. The highest BCUT2D eigenvalue weighted by Gasteiger charge is 2.70. The summed E-state index contributed by atoms with van der Waals surface area (Å²) in [4.78, 5) is 22.1. The molecule has 0 saturated heterocycles. The molecule has 25 heavy (non-hydrogen) atoms. The normalized spacial score (nSPS) is 28.8. The van der Waals surface area contributed by atoms with Gasteiger partial charge >= 0.3 is 0 Å². The lowest BCUT2D eigenvalue weighted by atomic mass is 9.87. The summed E-state index contributed by atoms with van der Waals surface area (Å²) in [7, 11) is 0. The second-order valence-electron chi connectivity index (χ2n) is 8.62. The number of hydrogen-bond acceptors (Lipinski definition) is 3. The fraction of sp³-hybridized carbons (Fsp3) is 0.476. The molecule has 3 heterocycles. The molecule has 3 aromatic heterocycles. The minimum Gasteiger partial charge on any atom is -0.304 e. The zero-order valence-electron chi connectivity index (χ0n) is 14.6. The van der Waals surface area contributed by atoms with E-state index in [9.17, 15) is 4.79 Å². The molecule has 3 aliphatic carbocycles. The molecule has 3 atom stereocenters. The first-order chi connectivity index (χ1) is 12.1. The SMILES string of the molecule is CC(C)Cc1nccc2c1ccn1c3c(c(=O)nc21)C12CCC3C1C2. The zero-order valence-corrected chi connectivity index (χ0v) is 14.6. The van der Waals surface area contributed by atoms with Crippen molar-refractivity contribution in [2.75, 3.05) is 0 Å². The molecule has 0 aliphatic heterocycles. The van der Waals surface area contributed by atoms with E-state index in [4.69, 9.17) is 0 Å². The van der Waals surface area contributed by atoms with Gasteiger partial charge in [0, 0.05) is 51.5 Å². The Morgan fingerprint density at radius 2 is 2.20 bits per heavy atom. The Hall–Kier alpha value is -2.23. The monoisotopic (exact) mass is 331 g/mol. The molecule has 4 heteroatoms. The summed E-state index contributed by atoms with van der Waals surface area (Å²) in [5.74, 6) is 1.82. The van der Waals surface area contributed by atoms with Gasteiger partial charge in [-0.15, -0.1) is 0 Å². The van der Waals surface area contributed by atoms with Crippen molar-refractivity contribution < 1.29 is 0 Å².